The van der Waals surface area contributed by atoms with E-state index in [0.29, 0.717) is 23.1 Å². The van der Waals surface area contributed by atoms with Crippen LogP contribution < -0.4 is 10.6 Å². The second-order valence-corrected chi connectivity index (χ2v) is 8.60. The molecular formula is C19H23N3O2S2. The van der Waals surface area contributed by atoms with Gasteiger partial charge in [0.15, 0.2) is 5.11 Å². The molecule has 1 aliphatic heterocycles. The number of thiocarbonyl (C=S) groups is 1. The summed E-state index contributed by atoms with van der Waals surface area (Å²) >= 11 is 5.30. The Hall–Kier alpha value is -1.96. The predicted octanol–water partition coefficient (Wildman–Crippen LogP) is 3.00. The summed E-state index contributed by atoms with van der Waals surface area (Å²) in [6, 6.07) is 16.9. The quantitative estimate of drug-likeness (QED) is 0.744. The minimum Gasteiger partial charge on any atom is -0.362 e. The molecule has 1 fully saturated rings. The van der Waals surface area contributed by atoms with E-state index in [9.17, 15) is 8.42 Å². The van der Waals surface area contributed by atoms with Gasteiger partial charge in [-0.25, -0.2) is 8.42 Å². The van der Waals surface area contributed by atoms with Crippen LogP contribution in [0.1, 0.15) is 18.4 Å². The van der Waals surface area contributed by atoms with Crippen molar-refractivity contribution in [2.24, 2.45) is 0 Å². The van der Waals surface area contributed by atoms with E-state index in [4.69, 9.17) is 12.2 Å². The normalized spacial score (nSPS) is 14.9. The molecule has 0 spiro atoms. The van der Waals surface area contributed by atoms with Crippen LogP contribution in [0.25, 0.3) is 0 Å². The van der Waals surface area contributed by atoms with Gasteiger partial charge in [-0.05, 0) is 61.3 Å². The summed E-state index contributed by atoms with van der Waals surface area (Å²) in [6.45, 7) is 1.95. The molecule has 0 amide bonds. The fourth-order valence-corrected chi connectivity index (χ4v) is 4.67. The Labute approximate surface area is 160 Å². The number of sulfonamides is 1. The van der Waals surface area contributed by atoms with Crippen molar-refractivity contribution < 1.29 is 8.42 Å². The van der Waals surface area contributed by atoms with E-state index in [1.807, 2.05) is 18.2 Å². The van der Waals surface area contributed by atoms with E-state index in [1.54, 1.807) is 28.6 Å². The van der Waals surface area contributed by atoms with E-state index < -0.39 is 10.0 Å². The minimum absolute atomic E-state index is 0.327. The van der Waals surface area contributed by atoms with E-state index in [1.165, 1.54) is 5.56 Å². The smallest absolute Gasteiger partial charge is 0.243 e. The lowest BCUT2D eigenvalue weighted by Gasteiger charge is -2.16. The monoisotopic (exact) mass is 389 g/mol. The molecule has 2 aromatic carbocycles. The van der Waals surface area contributed by atoms with Gasteiger partial charge in [0.25, 0.3) is 0 Å². The third-order valence-electron chi connectivity index (χ3n) is 4.36. The fourth-order valence-electron chi connectivity index (χ4n) is 2.93. The summed E-state index contributed by atoms with van der Waals surface area (Å²) < 4.78 is 26.6. The number of nitrogens with one attached hydrogen (secondary N) is 2. The van der Waals surface area contributed by atoms with Crippen LogP contribution >= 0.6 is 12.2 Å². The highest BCUT2D eigenvalue weighted by atomic mass is 32.2. The molecule has 5 nitrogen and oxygen atoms in total. The molecule has 138 valence electrons. The van der Waals surface area contributed by atoms with Crippen LogP contribution in [0.3, 0.4) is 0 Å². The van der Waals surface area contributed by atoms with Crippen LogP contribution in [0.5, 0.6) is 0 Å². The van der Waals surface area contributed by atoms with Gasteiger partial charge in [0.05, 0.1) is 4.90 Å². The molecule has 1 saturated heterocycles. The van der Waals surface area contributed by atoms with Crippen molar-refractivity contribution in [3.63, 3.8) is 0 Å². The first-order valence-electron chi connectivity index (χ1n) is 8.75. The van der Waals surface area contributed by atoms with Gasteiger partial charge in [0.1, 0.15) is 0 Å². The largest absolute Gasteiger partial charge is 0.362 e. The Bertz CT molecular complexity index is 831. The van der Waals surface area contributed by atoms with Gasteiger partial charge >= 0.3 is 0 Å². The zero-order valence-corrected chi connectivity index (χ0v) is 16.2. The van der Waals surface area contributed by atoms with Crippen LogP contribution in [0.2, 0.25) is 0 Å². The lowest BCUT2D eigenvalue weighted by atomic mass is 10.1. The summed E-state index contributed by atoms with van der Waals surface area (Å²) in [6.07, 6.45) is 2.75. The number of rotatable bonds is 6. The summed E-state index contributed by atoms with van der Waals surface area (Å²) in [5, 5.41) is 6.78. The summed E-state index contributed by atoms with van der Waals surface area (Å²) in [5.41, 5.74) is 2.02. The van der Waals surface area contributed by atoms with Crippen molar-refractivity contribution in [1.29, 1.82) is 0 Å². The summed E-state index contributed by atoms with van der Waals surface area (Å²) in [5.74, 6) is 0. The molecule has 3 rings (SSSR count). The Morgan fingerprint density at radius 1 is 1.00 bits per heavy atom. The molecule has 7 heteroatoms. The van der Waals surface area contributed by atoms with E-state index in [-0.39, 0.29) is 0 Å². The lowest BCUT2D eigenvalue weighted by molar-refractivity contribution is 0.477. The Kier molecular flexibility index (Phi) is 6.24. The first kappa shape index (κ1) is 18.8. The number of nitrogens with zero attached hydrogens (tertiary/aromatic N) is 1. The molecular weight excluding hydrogens is 366 g/mol. The average molecular weight is 390 g/mol. The standard InChI is InChI=1S/C19H23N3O2S2/c23-26(24,22-14-4-5-15-22)18-10-8-17(9-11-18)21-19(25)20-13-12-16-6-2-1-3-7-16/h1-3,6-11H,4-5,12-15H2,(H2,20,21,25). The van der Waals surface area contributed by atoms with Crippen LogP contribution in [-0.2, 0) is 16.4 Å². The maximum absolute atomic E-state index is 12.5. The molecule has 0 radical (unpaired) electrons. The Balaban J connectivity index is 1.51. The zero-order chi connectivity index (χ0) is 18.4. The summed E-state index contributed by atoms with van der Waals surface area (Å²) in [4.78, 5) is 0.327. The van der Waals surface area contributed by atoms with Crippen molar-refractivity contribution in [1.82, 2.24) is 9.62 Å². The van der Waals surface area contributed by atoms with Crippen LogP contribution in [0.15, 0.2) is 59.5 Å². The molecule has 0 aliphatic carbocycles. The second kappa shape index (κ2) is 8.62. The minimum atomic E-state index is -3.37. The number of benzene rings is 2. The maximum atomic E-state index is 12.5. The van der Waals surface area contributed by atoms with Crippen molar-refractivity contribution in [2.75, 3.05) is 25.0 Å². The summed E-state index contributed by atoms with van der Waals surface area (Å²) in [7, 11) is -3.37. The van der Waals surface area contributed by atoms with Crippen LogP contribution in [0, 0.1) is 0 Å². The topological polar surface area (TPSA) is 61.4 Å². The van der Waals surface area contributed by atoms with Gasteiger partial charge in [-0.3, -0.25) is 0 Å². The van der Waals surface area contributed by atoms with E-state index in [2.05, 4.69) is 22.8 Å². The highest BCUT2D eigenvalue weighted by molar-refractivity contribution is 7.89. The van der Waals surface area contributed by atoms with E-state index in [0.717, 1.165) is 31.5 Å². The average Bonchev–Trinajstić information content (AvgIpc) is 3.19. The van der Waals surface area contributed by atoms with Crippen molar-refractivity contribution in [2.45, 2.75) is 24.2 Å². The highest BCUT2D eigenvalue weighted by Crippen LogP contribution is 2.22. The molecule has 0 atom stereocenters. The zero-order valence-electron chi connectivity index (χ0n) is 14.5. The molecule has 26 heavy (non-hydrogen) atoms. The first-order valence-corrected chi connectivity index (χ1v) is 10.6. The van der Waals surface area contributed by atoms with Gasteiger partial charge in [0, 0.05) is 25.3 Å². The predicted molar refractivity (Wildman–Crippen MR) is 109 cm³/mol. The Morgan fingerprint density at radius 2 is 1.65 bits per heavy atom. The molecule has 2 aromatic rings. The molecule has 0 bridgehead atoms. The van der Waals surface area contributed by atoms with Crippen LogP contribution in [0.4, 0.5) is 5.69 Å². The molecule has 2 N–H and O–H groups in total. The molecule has 0 saturated carbocycles. The van der Waals surface area contributed by atoms with Crippen molar-refractivity contribution in [3.05, 3.63) is 60.2 Å². The molecule has 1 aliphatic rings. The third-order valence-corrected chi connectivity index (χ3v) is 6.52. The number of hydrogen-bond acceptors (Lipinski definition) is 3. The SMILES string of the molecule is O=S(=O)(c1ccc(NC(=S)NCCc2ccccc2)cc1)N1CCCC1. The second-order valence-electron chi connectivity index (χ2n) is 6.25. The third kappa shape index (κ3) is 4.81. The van der Waals surface area contributed by atoms with Crippen molar-refractivity contribution >= 4 is 33.0 Å². The fraction of sp³-hybridized carbons (Fsp3) is 0.316. The molecule has 1 heterocycles. The maximum Gasteiger partial charge on any atom is 0.243 e. The Morgan fingerprint density at radius 3 is 2.31 bits per heavy atom. The van der Waals surface area contributed by atoms with Crippen LogP contribution in [-0.4, -0.2) is 37.5 Å². The van der Waals surface area contributed by atoms with Gasteiger partial charge in [-0.15, -0.1) is 0 Å². The van der Waals surface area contributed by atoms with Gasteiger partial charge in [-0.2, -0.15) is 4.31 Å². The van der Waals surface area contributed by atoms with Gasteiger partial charge in [0.2, 0.25) is 10.0 Å². The van der Waals surface area contributed by atoms with Crippen molar-refractivity contribution in [3.8, 4) is 0 Å². The number of anilines is 1. The molecule has 0 aromatic heterocycles. The number of hydrogen-bond donors (Lipinski definition) is 2. The van der Waals surface area contributed by atoms with Gasteiger partial charge in [-0.1, -0.05) is 30.3 Å². The van der Waals surface area contributed by atoms with E-state index >= 15 is 0 Å². The highest BCUT2D eigenvalue weighted by Gasteiger charge is 2.26. The first-order chi connectivity index (χ1) is 12.6. The lowest BCUT2D eigenvalue weighted by Crippen LogP contribution is -2.30. The molecule has 0 unspecified atom stereocenters. The van der Waals surface area contributed by atoms with Gasteiger partial charge < -0.3 is 10.6 Å².